The Bertz CT molecular complexity index is 2820. The van der Waals surface area contributed by atoms with Gasteiger partial charge in [0, 0.05) is 46.4 Å². The Hall–Kier alpha value is -6.58. The van der Waals surface area contributed by atoms with Gasteiger partial charge in [-0.2, -0.15) is 8.78 Å². The number of fused-ring (bicyclic) bond motifs is 5. The van der Waals surface area contributed by atoms with Crippen molar-refractivity contribution in [3.63, 3.8) is 0 Å². The van der Waals surface area contributed by atoms with Gasteiger partial charge < -0.3 is 39.9 Å². The predicted octanol–water partition coefficient (Wildman–Crippen LogP) is 8.96. The highest BCUT2D eigenvalue weighted by Gasteiger charge is 2.48. The van der Waals surface area contributed by atoms with E-state index in [1.54, 1.807) is 53.6 Å². The van der Waals surface area contributed by atoms with Crippen LogP contribution in [0.4, 0.5) is 18.4 Å². The second-order valence-corrected chi connectivity index (χ2v) is 19.1. The normalized spacial score (nSPS) is 21.5. The number of hydrogen-bond acceptors (Lipinski definition) is 8. The number of halogens is 2. The molecule has 0 radical (unpaired) electrons. The molecular weight excluding hydrogens is 861 g/mol. The highest BCUT2D eigenvalue weighted by molar-refractivity contribution is 5.90. The van der Waals surface area contributed by atoms with Crippen LogP contribution < -0.4 is 16.1 Å². The minimum atomic E-state index is -3.34. The molecule has 2 aliphatic carbocycles. The number of pyridine rings is 1. The Balaban J connectivity index is 0.985. The maximum atomic E-state index is 16.7. The quantitative estimate of drug-likeness (QED) is 0.107. The Morgan fingerprint density at radius 1 is 0.746 bits per heavy atom. The number of ether oxygens (including phenoxy) is 2. The maximum absolute atomic E-state index is 16.7. The molecule has 4 heterocycles. The standard InChI is InChI=1S/C51H57F2N7O7/c1-26(2)44(57-49(64)66-5)47(62)59-19-9-12-41(59)46-54-25-39(56-46)30-15-17-33-32-16-13-28(20-35(32)51(52,53)36(33)21-30)29-14-18-34-37(22-29)55-38(24-43(34)61)42-23-31-10-7-8-11-40(31)60(42)48(63)45(27(3)4)58-50(65)67-6/h13-18,20-22,24-27,31,40-42,44-45H,7-12,19,23H2,1-6H3,(H,54,56)(H,55,61)(H,57,64)(H,58,65)/t31-,40-,41-,42-,44-,45-/m0/s1. The van der Waals surface area contributed by atoms with Crippen LogP contribution in [0.2, 0.25) is 0 Å². The first-order valence-electron chi connectivity index (χ1n) is 23.3. The summed E-state index contributed by atoms with van der Waals surface area (Å²) in [7, 11) is 2.51. The molecule has 3 aromatic carbocycles. The molecule has 5 aromatic rings. The number of alkyl halides is 2. The summed E-state index contributed by atoms with van der Waals surface area (Å²) >= 11 is 0. The van der Waals surface area contributed by atoms with Crippen LogP contribution in [0.1, 0.15) is 107 Å². The molecule has 4 N–H and O–H groups in total. The van der Waals surface area contributed by atoms with Gasteiger partial charge in [0.15, 0.2) is 5.43 Å². The number of imidazole rings is 1. The van der Waals surface area contributed by atoms with Crippen molar-refractivity contribution < 1.29 is 37.4 Å². The van der Waals surface area contributed by atoms with Crippen LogP contribution in [0, 0.1) is 17.8 Å². The molecule has 0 bridgehead atoms. The van der Waals surface area contributed by atoms with Crippen molar-refractivity contribution in [1.82, 2.24) is 35.4 Å². The van der Waals surface area contributed by atoms with Crippen molar-refractivity contribution in [2.45, 2.75) is 109 Å². The summed E-state index contributed by atoms with van der Waals surface area (Å²) in [5.74, 6) is -3.43. The van der Waals surface area contributed by atoms with Gasteiger partial charge in [0.25, 0.3) is 5.92 Å². The molecule has 67 heavy (non-hydrogen) atoms. The molecule has 0 spiro atoms. The first-order chi connectivity index (χ1) is 32.1. The average Bonchev–Trinajstić information content (AvgIpc) is 4.13. The van der Waals surface area contributed by atoms with Gasteiger partial charge in [0.05, 0.1) is 43.7 Å². The number of methoxy groups -OCH3 is 2. The molecule has 2 aromatic heterocycles. The number of carbonyl (C=O) groups excluding carboxylic acids is 4. The molecule has 16 heteroatoms. The van der Waals surface area contributed by atoms with Crippen molar-refractivity contribution in [2.75, 3.05) is 20.8 Å². The number of rotatable bonds is 10. The Kier molecular flexibility index (Phi) is 12.2. The zero-order valence-electron chi connectivity index (χ0n) is 38.6. The molecular formula is C51H57F2N7O7. The van der Waals surface area contributed by atoms with E-state index in [0.717, 1.165) is 32.1 Å². The number of carbonyl (C=O) groups is 4. The third-order valence-electron chi connectivity index (χ3n) is 14.4. The van der Waals surface area contributed by atoms with Crippen LogP contribution in [0.5, 0.6) is 0 Å². The summed E-state index contributed by atoms with van der Waals surface area (Å²) < 4.78 is 43.0. The van der Waals surface area contributed by atoms with Crippen LogP contribution in [0.15, 0.2) is 71.7 Å². The first kappa shape index (κ1) is 45.6. The number of aromatic nitrogens is 3. The van der Waals surface area contributed by atoms with E-state index in [2.05, 4.69) is 25.6 Å². The monoisotopic (exact) mass is 917 g/mol. The summed E-state index contributed by atoms with van der Waals surface area (Å²) in [5.41, 5.74) is 3.71. The zero-order valence-corrected chi connectivity index (χ0v) is 38.6. The smallest absolute Gasteiger partial charge is 0.407 e. The molecule has 6 atom stereocenters. The number of hydrogen-bond donors (Lipinski definition) is 4. The van der Waals surface area contributed by atoms with Crippen LogP contribution in [-0.2, 0) is 25.0 Å². The van der Waals surface area contributed by atoms with Crippen LogP contribution in [-0.4, -0.2) is 87.6 Å². The number of benzene rings is 3. The molecule has 0 unspecified atom stereocenters. The van der Waals surface area contributed by atoms with Gasteiger partial charge >= 0.3 is 12.2 Å². The minimum absolute atomic E-state index is 0.0373. The van der Waals surface area contributed by atoms with E-state index >= 15 is 8.78 Å². The van der Waals surface area contributed by atoms with Crippen molar-refractivity contribution in [3.05, 3.63) is 99.7 Å². The van der Waals surface area contributed by atoms with Crippen LogP contribution >= 0.6 is 0 Å². The van der Waals surface area contributed by atoms with Gasteiger partial charge in [-0.15, -0.1) is 0 Å². The lowest BCUT2D eigenvalue weighted by Gasteiger charge is -2.37. The third kappa shape index (κ3) is 8.22. The maximum Gasteiger partial charge on any atom is 0.407 e. The summed E-state index contributed by atoms with van der Waals surface area (Å²) in [5, 5.41) is 5.82. The van der Waals surface area contributed by atoms with E-state index in [0.29, 0.717) is 75.3 Å². The van der Waals surface area contributed by atoms with E-state index in [9.17, 15) is 24.0 Å². The summed E-state index contributed by atoms with van der Waals surface area (Å²) in [6.07, 6.45) is 6.10. The number of nitrogens with zero attached hydrogens (tertiary/aromatic N) is 3. The third-order valence-corrected chi connectivity index (χ3v) is 14.4. The van der Waals surface area contributed by atoms with Crippen molar-refractivity contribution in [2.24, 2.45) is 17.8 Å². The lowest BCUT2D eigenvalue weighted by Crippen LogP contribution is -2.53. The second-order valence-electron chi connectivity index (χ2n) is 19.1. The van der Waals surface area contributed by atoms with Gasteiger partial charge in [-0.05, 0) is 96.4 Å². The van der Waals surface area contributed by atoms with Gasteiger partial charge in [-0.1, -0.05) is 70.9 Å². The van der Waals surface area contributed by atoms with E-state index in [4.69, 9.17) is 9.47 Å². The summed E-state index contributed by atoms with van der Waals surface area (Å²) in [6, 6.07) is 14.4. The average molecular weight is 918 g/mol. The fourth-order valence-electron chi connectivity index (χ4n) is 11.0. The van der Waals surface area contributed by atoms with E-state index in [1.807, 2.05) is 38.7 Å². The number of likely N-dealkylation sites (tertiary alicyclic amines) is 2. The van der Waals surface area contributed by atoms with Crippen molar-refractivity contribution in [1.29, 1.82) is 0 Å². The first-order valence-corrected chi connectivity index (χ1v) is 23.3. The Morgan fingerprint density at radius 3 is 2.03 bits per heavy atom. The van der Waals surface area contributed by atoms with Gasteiger partial charge in [-0.25, -0.2) is 14.6 Å². The van der Waals surface area contributed by atoms with Crippen LogP contribution in [0.25, 0.3) is 44.4 Å². The topological polar surface area (TPSA) is 179 Å². The molecule has 2 saturated heterocycles. The largest absolute Gasteiger partial charge is 0.453 e. The molecule has 4 amide bonds. The van der Waals surface area contributed by atoms with Crippen molar-refractivity contribution >= 4 is 34.9 Å². The minimum Gasteiger partial charge on any atom is -0.453 e. The summed E-state index contributed by atoms with van der Waals surface area (Å²) in [4.78, 5) is 81.2. The van der Waals surface area contributed by atoms with Gasteiger partial charge in [0.2, 0.25) is 11.8 Å². The molecule has 1 saturated carbocycles. The fraction of sp³-hybridized carbons (Fsp3) is 0.451. The van der Waals surface area contributed by atoms with Gasteiger partial charge in [-0.3, -0.25) is 14.4 Å². The fourth-order valence-corrected chi connectivity index (χ4v) is 11.0. The lowest BCUT2D eigenvalue weighted by atomic mass is 9.84. The highest BCUT2D eigenvalue weighted by Crippen LogP contribution is 2.53. The Morgan fingerprint density at radius 2 is 1.36 bits per heavy atom. The second kappa shape index (κ2) is 17.9. The number of amides is 4. The number of H-pyrrole nitrogens is 2. The van der Waals surface area contributed by atoms with Crippen LogP contribution in [0.3, 0.4) is 0 Å². The molecule has 9 rings (SSSR count). The summed E-state index contributed by atoms with van der Waals surface area (Å²) in [6.45, 7) is 7.92. The number of aromatic amines is 2. The molecule has 4 aliphatic rings. The molecule has 14 nitrogen and oxygen atoms in total. The Labute approximate surface area is 387 Å². The SMILES string of the molecule is COC(=O)N[C@H](C(=O)N1CCC[C@H]1c1ncc(-c2ccc3c(c2)C(F)(F)c2cc(-c4ccc5c(=O)cc([C@@H]6C[C@@H]7CCCC[C@@H]7N6C(=O)[C@@H](NC(=O)OC)C(C)C)[nH]c5c4)ccc2-3)[nH]1)C(C)C. The van der Waals surface area contributed by atoms with Crippen molar-refractivity contribution in [3.8, 4) is 33.5 Å². The van der Waals surface area contributed by atoms with E-state index in [-0.39, 0.29) is 58.2 Å². The lowest BCUT2D eigenvalue weighted by molar-refractivity contribution is -0.138. The van der Waals surface area contributed by atoms with E-state index < -0.39 is 36.2 Å². The molecule has 2 aliphatic heterocycles. The predicted molar refractivity (Wildman–Crippen MR) is 248 cm³/mol. The molecule has 352 valence electrons. The van der Waals surface area contributed by atoms with Gasteiger partial charge in [0.1, 0.15) is 17.9 Å². The molecule has 3 fully saturated rings. The van der Waals surface area contributed by atoms with E-state index in [1.165, 1.54) is 26.4 Å². The highest BCUT2D eigenvalue weighted by atomic mass is 19.3. The number of nitrogens with one attached hydrogen (secondary N) is 4. The zero-order chi connectivity index (χ0) is 47.5. The number of alkyl carbamates (subject to hydrolysis) is 2.